The molecule has 0 aliphatic rings. The number of hydrogen-bond acceptors (Lipinski definition) is 3. The largest absolute Gasteiger partial charge is 0.481 e. The van der Waals surface area contributed by atoms with E-state index < -0.39 is 33.8 Å². The number of rotatable bonds is 12. The van der Waals surface area contributed by atoms with Crippen LogP contribution >= 0.6 is 11.6 Å². The normalized spacial score (nSPS) is 13.1. The predicted octanol–water partition coefficient (Wildman–Crippen LogP) is 6.19. The average molecular weight is 492 g/mol. The van der Waals surface area contributed by atoms with Crippen LogP contribution in [-0.4, -0.2) is 19.5 Å². The Morgan fingerprint density at radius 3 is 2.06 bits per heavy atom. The second-order valence-corrected chi connectivity index (χ2v) is 9.60. The van der Waals surface area contributed by atoms with Crippen LogP contribution in [-0.2, 0) is 21.0 Å². The zero-order chi connectivity index (χ0) is 23.8. The van der Waals surface area contributed by atoms with Gasteiger partial charge in [-0.2, -0.15) is 13.2 Å². The highest BCUT2D eigenvalue weighted by Crippen LogP contribution is 2.31. The van der Waals surface area contributed by atoms with Crippen LogP contribution in [0.4, 0.5) is 13.2 Å². The number of aliphatic carboxylic acids is 1. The molecule has 0 bridgehead atoms. The fourth-order valence-corrected chi connectivity index (χ4v) is 4.61. The average Bonchev–Trinajstić information content (AvgIpc) is 2.71. The van der Waals surface area contributed by atoms with Crippen LogP contribution in [0.3, 0.4) is 0 Å². The summed E-state index contributed by atoms with van der Waals surface area (Å²) in [7, 11) is -3.92. The van der Waals surface area contributed by atoms with E-state index in [2.05, 4.69) is 4.72 Å². The van der Waals surface area contributed by atoms with E-state index in [1.165, 1.54) is 36.4 Å². The van der Waals surface area contributed by atoms with E-state index in [1.807, 2.05) is 0 Å². The lowest BCUT2D eigenvalue weighted by atomic mass is 9.99. The maximum absolute atomic E-state index is 12.9. The molecule has 0 aliphatic carbocycles. The number of sulfonamides is 1. The van der Waals surface area contributed by atoms with E-state index in [9.17, 15) is 26.4 Å². The molecule has 0 aromatic heterocycles. The van der Waals surface area contributed by atoms with Crippen molar-refractivity contribution in [3.8, 4) is 0 Å². The monoisotopic (exact) mass is 491 g/mol. The fourth-order valence-electron chi connectivity index (χ4n) is 3.22. The summed E-state index contributed by atoms with van der Waals surface area (Å²) in [6.45, 7) is 0. The van der Waals surface area contributed by atoms with Gasteiger partial charge in [0.2, 0.25) is 10.0 Å². The third kappa shape index (κ3) is 8.44. The van der Waals surface area contributed by atoms with Crippen LogP contribution in [0, 0.1) is 0 Å². The number of hydrogen-bond donors (Lipinski definition) is 2. The first-order valence-corrected chi connectivity index (χ1v) is 12.0. The molecule has 0 aliphatic heterocycles. The van der Waals surface area contributed by atoms with Crippen LogP contribution in [0.5, 0.6) is 0 Å². The molecule has 32 heavy (non-hydrogen) atoms. The van der Waals surface area contributed by atoms with Gasteiger partial charge < -0.3 is 5.11 Å². The number of benzene rings is 2. The van der Waals surface area contributed by atoms with Crippen molar-refractivity contribution >= 4 is 27.6 Å². The molecule has 0 saturated carbocycles. The summed E-state index contributed by atoms with van der Waals surface area (Å²) in [5.74, 6) is -0.844. The van der Waals surface area contributed by atoms with Gasteiger partial charge in [-0.15, -0.1) is 0 Å². The first kappa shape index (κ1) is 26.2. The Balaban J connectivity index is 2.10. The molecule has 0 fully saturated rings. The molecule has 2 N–H and O–H groups in total. The van der Waals surface area contributed by atoms with Crippen molar-refractivity contribution < 1.29 is 31.5 Å². The van der Waals surface area contributed by atoms with Gasteiger partial charge in [-0.25, -0.2) is 13.1 Å². The summed E-state index contributed by atoms with van der Waals surface area (Å²) in [4.78, 5) is 10.6. The predicted molar refractivity (Wildman–Crippen MR) is 116 cm³/mol. The van der Waals surface area contributed by atoms with E-state index in [1.54, 1.807) is 0 Å². The molecule has 0 spiro atoms. The zero-order valence-corrected chi connectivity index (χ0v) is 18.8. The van der Waals surface area contributed by atoms with Crippen molar-refractivity contribution in [2.75, 3.05) is 0 Å². The molecule has 2 aromatic carbocycles. The summed E-state index contributed by atoms with van der Waals surface area (Å²) in [5, 5.41) is 9.04. The van der Waals surface area contributed by atoms with Gasteiger partial charge in [-0.3, -0.25) is 4.79 Å². The minimum absolute atomic E-state index is 0.00693. The van der Waals surface area contributed by atoms with Gasteiger partial charge >= 0.3 is 12.1 Å². The van der Waals surface area contributed by atoms with E-state index in [-0.39, 0.29) is 11.3 Å². The van der Waals surface area contributed by atoms with Crippen LogP contribution < -0.4 is 4.72 Å². The molecule has 5 nitrogen and oxygen atoms in total. The van der Waals surface area contributed by atoms with E-state index in [0.29, 0.717) is 29.8 Å². The summed E-state index contributed by atoms with van der Waals surface area (Å²) in [6, 6.07) is 9.33. The second kappa shape index (κ2) is 11.7. The Morgan fingerprint density at radius 1 is 0.938 bits per heavy atom. The van der Waals surface area contributed by atoms with Crippen LogP contribution in [0.25, 0.3) is 0 Å². The third-order valence-corrected chi connectivity index (χ3v) is 6.68. The number of unbranched alkanes of at least 4 members (excludes halogenated alkanes) is 4. The molecule has 0 heterocycles. The maximum Gasteiger partial charge on any atom is 0.416 e. The molecule has 10 heteroatoms. The van der Waals surface area contributed by atoms with Crippen LogP contribution in [0.2, 0.25) is 5.02 Å². The SMILES string of the molecule is O=C(O)CCCCCCCC(NS(=O)(=O)c1ccc(Cl)cc1)c1ccc(C(F)(F)F)cc1. The molecule has 2 rings (SSSR count). The Labute approximate surface area is 190 Å². The van der Waals surface area contributed by atoms with Gasteiger partial charge in [0, 0.05) is 17.5 Å². The van der Waals surface area contributed by atoms with E-state index in [0.717, 1.165) is 31.4 Å². The molecule has 0 saturated heterocycles. The lowest BCUT2D eigenvalue weighted by Crippen LogP contribution is -2.28. The molecular formula is C22H25ClF3NO4S. The first-order chi connectivity index (χ1) is 15.0. The summed E-state index contributed by atoms with van der Waals surface area (Å²) in [5.41, 5.74) is -0.375. The molecule has 0 radical (unpaired) electrons. The fraction of sp³-hybridized carbons (Fsp3) is 0.409. The van der Waals surface area contributed by atoms with Gasteiger partial charge in [0.05, 0.1) is 10.5 Å². The quantitative estimate of drug-likeness (QED) is 0.346. The highest BCUT2D eigenvalue weighted by Gasteiger charge is 2.30. The Kier molecular flexibility index (Phi) is 9.54. The smallest absolute Gasteiger partial charge is 0.416 e. The summed E-state index contributed by atoms with van der Waals surface area (Å²) >= 11 is 5.81. The standard InChI is InChI=1S/C22H25ClF3NO4S/c23-18-12-14-19(15-13-18)32(30,31)27-20(6-4-2-1-3-5-7-21(28)29)16-8-10-17(11-9-16)22(24,25)26/h8-15,20,27H,1-7H2,(H,28,29). The summed E-state index contributed by atoms with van der Waals surface area (Å²) in [6.07, 6.45) is -0.508. The number of alkyl halides is 3. The lowest BCUT2D eigenvalue weighted by molar-refractivity contribution is -0.138. The number of halogens is 4. The number of carboxylic acid groups (broad SMARTS) is 1. The number of nitrogens with one attached hydrogen (secondary N) is 1. The Hall–Kier alpha value is -2.10. The van der Waals surface area contributed by atoms with Crippen molar-refractivity contribution in [2.24, 2.45) is 0 Å². The minimum atomic E-state index is -4.48. The van der Waals surface area contributed by atoms with Crippen molar-refractivity contribution in [1.82, 2.24) is 4.72 Å². The van der Waals surface area contributed by atoms with Crippen LogP contribution in [0.15, 0.2) is 53.4 Å². The molecule has 1 atom stereocenters. The van der Waals surface area contributed by atoms with Crippen molar-refractivity contribution in [3.63, 3.8) is 0 Å². The zero-order valence-electron chi connectivity index (χ0n) is 17.2. The molecule has 1 unspecified atom stereocenters. The van der Waals surface area contributed by atoms with Gasteiger partial charge in [-0.05, 0) is 54.8 Å². The summed E-state index contributed by atoms with van der Waals surface area (Å²) < 4.78 is 66.9. The third-order valence-electron chi connectivity index (χ3n) is 4.95. The van der Waals surface area contributed by atoms with Gasteiger partial charge in [-0.1, -0.05) is 49.4 Å². The molecule has 176 valence electrons. The highest BCUT2D eigenvalue weighted by atomic mass is 35.5. The molecule has 2 aromatic rings. The second-order valence-electron chi connectivity index (χ2n) is 7.45. The van der Waals surface area contributed by atoms with Crippen LogP contribution in [0.1, 0.15) is 62.1 Å². The first-order valence-electron chi connectivity index (χ1n) is 10.2. The minimum Gasteiger partial charge on any atom is -0.481 e. The van der Waals surface area contributed by atoms with Crippen molar-refractivity contribution in [3.05, 3.63) is 64.7 Å². The molecular weight excluding hydrogens is 467 g/mol. The van der Waals surface area contributed by atoms with Gasteiger partial charge in [0.15, 0.2) is 0 Å². The topological polar surface area (TPSA) is 83.5 Å². The van der Waals surface area contributed by atoms with Crippen molar-refractivity contribution in [1.29, 1.82) is 0 Å². The molecule has 0 amide bonds. The van der Waals surface area contributed by atoms with E-state index in [4.69, 9.17) is 16.7 Å². The van der Waals surface area contributed by atoms with Crippen molar-refractivity contribution in [2.45, 2.75) is 62.1 Å². The lowest BCUT2D eigenvalue weighted by Gasteiger charge is -2.20. The van der Waals surface area contributed by atoms with E-state index >= 15 is 0 Å². The number of carboxylic acids is 1. The Morgan fingerprint density at radius 2 is 1.50 bits per heavy atom. The maximum atomic E-state index is 12.9. The highest BCUT2D eigenvalue weighted by molar-refractivity contribution is 7.89. The Bertz CT molecular complexity index is 978. The van der Waals surface area contributed by atoms with Gasteiger partial charge in [0.1, 0.15) is 0 Å². The van der Waals surface area contributed by atoms with Gasteiger partial charge in [0.25, 0.3) is 0 Å². The number of carbonyl (C=O) groups is 1.